The molecule has 1 N–H and O–H groups in total. The van der Waals surface area contributed by atoms with E-state index >= 15 is 0 Å². The molecule has 0 radical (unpaired) electrons. The Kier molecular flexibility index (Phi) is 6.82. The number of rotatable bonds is 5. The second kappa shape index (κ2) is 9.89. The maximum Gasteiger partial charge on any atom is 0.256 e. The van der Waals surface area contributed by atoms with E-state index in [4.69, 9.17) is 21.7 Å². The lowest BCUT2D eigenvalue weighted by Gasteiger charge is -2.35. The smallest absolute Gasteiger partial charge is 0.256 e. The minimum absolute atomic E-state index is 0.217. The molecule has 2 aliphatic heterocycles. The van der Waals surface area contributed by atoms with Crippen LogP contribution in [0.25, 0.3) is 5.65 Å². The van der Waals surface area contributed by atoms with E-state index in [0.717, 1.165) is 61.3 Å². The van der Waals surface area contributed by atoms with Gasteiger partial charge in [-0.3, -0.25) is 9.52 Å². The Morgan fingerprint density at radius 3 is 2.58 bits per heavy atom. The highest BCUT2D eigenvalue weighted by atomic mass is 35.5. The van der Waals surface area contributed by atoms with Crippen molar-refractivity contribution in [2.24, 2.45) is 0 Å². The van der Waals surface area contributed by atoms with E-state index in [1.807, 2.05) is 12.3 Å². The number of anilines is 2. The molecule has 0 spiro atoms. The molecule has 1 amide bonds. The largest absolute Gasteiger partial charge is 0.356 e. The zero-order chi connectivity index (χ0) is 25.4. The number of fused-ring (bicyclic) bond motifs is 1. The fourth-order valence-corrected chi connectivity index (χ4v) is 5.98. The van der Waals surface area contributed by atoms with Crippen molar-refractivity contribution < 1.29 is 13.2 Å². The maximum atomic E-state index is 13.7. The van der Waals surface area contributed by atoms with Gasteiger partial charge in [0.2, 0.25) is 10.0 Å². The summed E-state index contributed by atoms with van der Waals surface area (Å²) in [5.74, 6) is 0.726. The predicted octanol–water partition coefficient (Wildman–Crippen LogP) is 4.42. The van der Waals surface area contributed by atoms with Gasteiger partial charge in [0, 0.05) is 42.5 Å². The van der Waals surface area contributed by atoms with Crippen molar-refractivity contribution in [1.29, 1.82) is 0 Å². The van der Waals surface area contributed by atoms with Crippen LogP contribution >= 0.6 is 11.6 Å². The Bertz CT molecular complexity index is 1400. The van der Waals surface area contributed by atoms with Crippen LogP contribution in [-0.2, 0) is 10.0 Å². The normalized spacial score (nSPS) is 19.0. The Hall–Kier alpha value is -2.85. The van der Waals surface area contributed by atoms with Crippen molar-refractivity contribution in [1.82, 2.24) is 19.5 Å². The van der Waals surface area contributed by atoms with Crippen LogP contribution in [0.4, 0.5) is 11.5 Å². The van der Waals surface area contributed by atoms with Crippen LogP contribution in [-0.4, -0.2) is 59.7 Å². The number of carbonyl (C=O) groups excluding carboxylic acids is 1. The average molecular weight is 531 g/mol. The number of sulfonamides is 1. The molecule has 9 nitrogen and oxygen atoms in total. The summed E-state index contributed by atoms with van der Waals surface area (Å²) in [5.41, 5.74) is 3.06. The number of benzene rings is 1. The first-order chi connectivity index (χ1) is 17.2. The highest BCUT2D eigenvalue weighted by Crippen LogP contribution is 2.34. The number of halogens is 1. The minimum Gasteiger partial charge on any atom is -0.356 e. The van der Waals surface area contributed by atoms with Gasteiger partial charge in [0.25, 0.3) is 5.91 Å². The number of nitrogens with one attached hydrogen (secondary N) is 1. The number of hydrogen-bond acceptors (Lipinski definition) is 6. The summed E-state index contributed by atoms with van der Waals surface area (Å²) in [7, 11) is -3.57. The molecule has 0 saturated carbocycles. The lowest BCUT2D eigenvalue weighted by Crippen LogP contribution is -2.39. The topological polar surface area (TPSA) is 99.9 Å². The first-order valence-electron chi connectivity index (χ1n) is 12.4. The molecule has 3 aromatic rings. The number of amides is 1. The number of carbonyl (C=O) groups is 1. The molecule has 11 heteroatoms. The zero-order valence-corrected chi connectivity index (χ0v) is 22.1. The Balaban J connectivity index is 1.49. The molecule has 0 aliphatic carbocycles. The molecule has 2 fully saturated rings. The van der Waals surface area contributed by atoms with Gasteiger partial charge in [0.05, 0.1) is 29.2 Å². The third-order valence-corrected chi connectivity index (χ3v) is 7.72. The number of likely N-dealkylation sites (tertiary alicyclic amines) is 1. The molecular formula is C25H31ClN6O3S. The van der Waals surface area contributed by atoms with Gasteiger partial charge < -0.3 is 9.80 Å². The first kappa shape index (κ1) is 24.8. The summed E-state index contributed by atoms with van der Waals surface area (Å²) in [4.78, 5) is 22.8. The van der Waals surface area contributed by atoms with Crippen molar-refractivity contribution in [3.05, 3.63) is 52.3 Å². The first-order valence-corrected chi connectivity index (χ1v) is 14.7. The molecule has 1 unspecified atom stereocenters. The summed E-state index contributed by atoms with van der Waals surface area (Å²) < 4.78 is 28.0. The Morgan fingerprint density at radius 2 is 1.83 bits per heavy atom. The summed E-state index contributed by atoms with van der Waals surface area (Å²) in [5, 5.41) is 5.18. The Labute approximate surface area is 216 Å². The highest BCUT2D eigenvalue weighted by Gasteiger charge is 2.32. The third-order valence-electron chi connectivity index (χ3n) is 6.89. The average Bonchev–Trinajstić information content (AvgIpc) is 3.26. The minimum atomic E-state index is -3.57. The monoisotopic (exact) mass is 530 g/mol. The Morgan fingerprint density at radius 1 is 1.08 bits per heavy atom. The van der Waals surface area contributed by atoms with Crippen molar-refractivity contribution in [3.63, 3.8) is 0 Å². The maximum absolute atomic E-state index is 13.7. The lowest BCUT2D eigenvalue weighted by atomic mass is 9.98. The lowest BCUT2D eigenvalue weighted by molar-refractivity contribution is 0.0607. The summed E-state index contributed by atoms with van der Waals surface area (Å²) in [6.45, 7) is 4.64. The fourth-order valence-electron chi connectivity index (χ4n) is 5.23. The van der Waals surface area contributed by atoms with Crippen molar-refractivity contribution in [2.75, 3.05) is 35.5 Å². The number of nitrogens with zero attached hydrogens (tertiary/aromatic N) is 5. The molecule has 1 atom stereocenters. The zero-order valence-electron chi connectivity index (χ0n) is 20.6. The van der Waals surface area contributed by atoms with Crippen LogP contribution < -0.4 is 9.62 Å². The standard InChI is InChI=1S/C25H31ClN6O3S/c1-17-16-32-23(27-24(17)30-11-5-3-6-12-30)15-21(28-32)22-8-4-7-13-31(22)25(33)19-14-18(26)9-10-20(19)29-36(2,34)35/h9-10,14-16,22,29H,3-8,11-13H2,1-2H3. The van der Waals surface area contributed by atoms with Crippen LogP contribution in [0.5, 0.6) is 0 Å². The molecule has 1 aromatic carbocycles. The molecule has 2 aliphatic rings. The van der Waals surface area contributed by atoms with Gasteiger partial charge in [0.1, 0.15) is 5.82 Å². The molecule has 192 valence electrons. The second-order valence-electron chi connectivity index (χ2n) is 9.74. The van der Waals surface area contributed by atoms with Gasteiger partial charge in [-0.1, -0.05) is 11.6 Å². The van der Waals surface area contributed by atoms with Gasteiger partial charge in [0.15, 0.2) is 5.65 Å². The van der Waals surface area contributed by atoms with Gasteiger partial charge in [-0.2, -0.15) is 5.10 Å². The summed E-state index contributed by atoms with van der Waals surface area (Å²) >= 11 is 6.20. The van der Waals surface area contributed by atoms with Crippen molar-refractivity contribution in [2.45, 2.75) is 51.5 Å². The van der Waals surface area contributed by atoms with Crippen LogP contribution in [0.3, 0.4) is 0 Å². The molecule has 5 rings (SSSR count). The fraction of sp³-hybridized carbons (Fsp3) is 0.480. The second-order valence-corrected chi connectivity index (χ2v) is 11.9. The molecular weight excluding hydrogens is 500 g/mol. The molecule has 2 aromatic heterocycles. The van der Waals surface area contributed by atoms with E-state index in [1.165, 1.54) is 31.4 Å². The van der Waals surface area contributed by atoms with Crippen LogP contribution in [0.15, 0.2) is 30.5 Å². The molecule has 36 heavy (non-hydrogen) atoms. The highest BCUT2D eigenvalue weighted by molar-refractivity contribution is 7.92. The summed E-state index contributed by atoms with van der Waals surface area (Å²) in [6, 6.07) is 6.33. The molecule has 0 bridgehead atoms. The van der Waals surface area contributed by atoms with Gasteiger partial charge in [-0.25, -0.2) is 17.9 Å². The van der Waals surface area contributed by atoms with Crippen LogP contribution in [0, 0.1) is 6.92 Å². The van der Waals surface area contributed by atoms with E-state index in [9.17, 15) is 13.2 Å². The van der Waals surface area contributed by atoms with Crippen LogP contribution in [0.1, 0.15) is 66.2 Å². The quantitative estimate of drug-likeness (QED) is 0.524. The van der Waals surface area contributed by atoms with Gasteiger partial charge in [-0.05, 0) is 63.6 Å². The molecule has 2 saturated heterocycles. The number of hydrogen-bond donors (Lipinski definition) is 1. The number of aryl methyl sites for hydroxylation is 1. The summed E-state index contributed by atoms with van der Waals surface area (Å²) in [6.07, 6.45) is 9.28. The molecule has 4 heterocycles. The number of aromatic nitrogens is 3. The van der Waals surface area contributed by atoms with E-state index in [-0.39, 0.29) is 23.2 Å². The van der Waals surface area contributed by atoms with E-state index in [0.29, 0.717) is 11.6 Å². The third kappa shape index (κ3) is 5.15. The SMILES string of the molecule is Cc1cn2nc(C3CCCCN3C(=O)c3cc(Cl)ccc3NS(C)(=O)=O)cc2nc1N1CCCCC1. The van der Waals surface area contributed by atoms with Crippen molar-refractivity contribution in [3.8, 4) is 0 Å². The van der Waals surface area contributed by atoms with E-state index < -0.39 is 10.0 Å². The predicted molar refractivity (Wildman–Crippen MR) is 141 cm³/mol. The number of piperidine rings is 2. The van der Waals surface area contributed by atoms with Gasteiger partial charge in [-0.15, -0.1) is 0 Å². The van der Waals surface area contributed by atoms with Crippen LogP contribution in [0.2, 0.25) is 5.02 Å². The van der Waals surface area contributed by atoms with E-state index in [2.05, 4.69) is 16.5 Å². The van der Waals surface area contributed by atoms with Gasteiger partial charge >= 0.3 is 0 Å². The van der Waals surface area contributed by atoms with E-state index in [1.54, 1.807) is 15.5 Å². The van der Waals surface area contributed by atoms with Crippen molar-refractivity contribution >= 4 is 44.7 Å².